The highest BCUT2D eigenvalue weighted by Gasteiger charge is 2.02. The second kappa shape index (κ2) is 8.95. The minimum atomic E-state index is -0.307. The van der Waals surface area contributed by atoms with Crippen LogP contribution in [0.3, 0.4) is 0 Å². The minimum Gasteiger partial charge on any atom is -0.326 e. The van der Waals surface area contributed by atoms with Gasteiger partial charge in [0.2, 0.25) is 5.91 Å². The van der Waals surface area contributed by atoms with E-state index in [2.05, 4.69) is 22.8 Å². The average molecular weight is 300 g/mol. The monoisotopic (exact) mass is 300 g/mol. The lowest BCUT2D eigenvalue weighted by Gasteiger charge is -2.06. The first kappa shape index (κ1) is 16.2. The van der Waals surface area contributed by atoms with Crippen LogP contribution in [0, 0.1) is 5.82 Å². The van der Waals surface area contributed by atoms with E-state index >= 15 is 0 Å². The number of rotatable bonds is 8. The van der Waals surface area contributed by atoms with Gasteiger partial charge in [-0.2, -0.15) is 0 Å². The fourth-order valence-corrected chi connectivity index (χ4v) is 2.15. The molecule has 3 nitrogen and oxygen atoms in total. The van der Waals surface area contributed by atoms with Gasteiger partial charge in [0.25, 0.3) is 0 Å². The Morgan fingerprint density at radius 2 is 1.68 bits per heavy atom. The third-order valence-corrected chi connectivity index (χ3v) is 3.32. The van der Waals surface area contributed by atoms with Crippen LogP contribution in [0.4, 0.5) is 10.1 Å². The zero-order valence-electron chi connectivity index (χ0n) is 12.5. The highest BCUT2D eigenvalue weighted by molar-refractivity contribution is 5.90. The lowest BCUT2D eigenvalue weighted by molar-refractivity contribution is -0.116. The number of carbonyl (C=O) groups is 1. The summed E-state index contributed by atoms with van der Waals surface area (Å²) in [5.41, 5.74) is 1.95. The average Bonchev–Trinajstić information content (AvgIpc) is 2.54. The summed E-state index contributed by atoms with van der Waals surface area (Å²) >= 11 is 0. The van der Waals surface area contributed by atoms with Crippen molar-refractivity contribution in [1.29, 1.82) is 0 Å². The fraction of sp³-hybridized carbons (Fsp3) is 0.278. The van der Waals surface area contributed by atoms with Crippen molar-refractivity contribution in [1.82, 2.24) is 5.32 Å². The molecule has 0 unspecified atom stereocenters. The number of amides is 1. The first-order valence-electron chi connectivity index (χ1n) is 7.54. The number of anilines is 1. The van der Waals surface area contributed by atoms with E-state index in [1.807, 2.05) is 18.2 Å². The normalized spacial score (nSPS) is 10.4. The second-order valence-electron chi connectivity index (χ2n) is 5.14. The van der Waals surface area contributed by atoms with Crippen LogP contribution in [0.25, 0.3) is 0 Å². The summed E-state index contributed by atoms with van der Waals surface area (Å²) in [5, 5.41) is 6.00. The zero-order chi connectivity index (χ0) is 15.6. The van der Waals surface area contributed by atoms with Gasteiger partial charge in [-0.1, -0.05) is 30.3 Å². The maximum absolute atomic E-state index is 12.7. The van der Waals surface area contributed by atoms with Gasteiger partial charge in [-0.15, -0.1) is 0 Å². The molecule has 0 aliphatic heterocycles. The third-order valence-electron chi connectivity index (χ3n) is 3.32. The number of nitrogens with one attached hydrogen (secondary N) is 2. The van der Waals surface area contributed by atoms with Gasteiger partial charge in [0.1, 0.15) is 5.82 Å². The predicted octanol–water partition coefficient (Wildman–Crippen LogP) is 3.38. The van der Waals surface area contributed by atoms with Crippen LogP contribution >= 0.6 is 0 Å². The van der Waals surface area contributed by atoms with Gasteiger partial charge < -0.3 is 10.6 Å². The number of halogens is 1. The quantitative estimate of drug-likeness (QED) is 0.734. The molecule has 2 aromatic rings. The first-order valence-corrected chi connectivity index (χ1v) is 7.54. The molecule has 0 fully saturated rings. The summed E-state index contributed by atoms with van der Waals surface area (Å²) in [5.74, 6) is -0.375. The first-order chi connectivity index (χ1) is 10.7. The van der Waals surface area contributed by atoms with E-state index in [0.29, 0.717) is 18.7 Å². The van der Waals surface area contributed by atoms with Crippen molar-refractivity contribution < 1.29 is 9.18 Å². The molecule has 2 N–H and O–H groups in total. The van der Waals surface area contributed by atoms with Gasteiger partial charge in [0.15, 0.2) is 0 Å². The Kier molecular flexibility index (Phi) is 6.58. The molecular formula is C18H21FN2O. The maximum Gasteiger partial charge on any atom is 0.225 e. The SMILES string of the molecule is O=C(CCNCCCc1ccccc1)Nc1ccc(F)cc1. The molecule has 0 heterocycles. The fourth-order valence-electron chi connectivity index (χ4n) is 2.15. The minimum absolute atomic E-state index is 0.0674. The third kappa shape index (κ3) is 6.06. The van der Waals surface area contributed by atoms with Gasteiger partial charge in [-0.25, -0.2) is 4.39 Å². The Bertz CT molecular complexity index is 569. The van der Waals surface area contributed by atoms with Gasteiger partial charge >= 0.3 is 0 Å². The Morgan fingerprint density at radius 3 is 2.41 bits per heavy atom. The van der Waals surface area contributed by atoms with Crippen LogP contribution in [0.5, 0.6) is 0 Å². The topological polar surface area (TPSA) is 41.1 Å². The Hall–Kier alpha value is -2.20. The summed E-state index contributed by atoms with van der Waals surface area (Å²) < 4.78 is 12.7. The zero-order valence-corrected chi connectivity index (χ0v) is 12.5. The largest absolute Gasteiger partial charge is 0.326 e. The number of hydrogen-bond donors (Lipinski definition) is 2. The van der Waals surface area contributed by atoms with Crippen molar-refractivity contribution >= 4 is 11.6 Å². The van der Waals surface area contributed by atoms with Crippen LogP contribution in [-0.2, 0) is 11.2 Å². The molecule has 2 aromatic carbocycles. The molecule has 0 atom stereocenters. The van der Waals surface area contributed by atoms with Crippen LogP contribution in [-0.4, -0.2) is 19.0 Å². The summed E-state index contributed by atoms with van der Waals surface area (Å²) in [7, 11) is 0. The van der Waals surface area contributed by atoms with Crippen molar-refractivity contribution in [3.05, 3.63) is 66.0 Å². The standard InChI is InChI=1S/C18H21FN2O/c19-16-8-10-17(11-9-16)21-18(22)12-14-20-13-4-7-15-5-2-1-3-6-15/h1-3,5-6,8-11,20H,4,7,12-14H2,(H,21,22). The summed E-state index contributed by atoms with van der Waals surface area (Å²) in [4.78, 5) is 11.7. The van der Waals surface area contributed by atoms with Gasteiger partial charge in [0.05, 0.1) is 0 Å². The van der Waals surface area contributed by atoms with Crippen LogP contribution < -0.4 is 10.6 Å². The van der Waals surface area contributed by atoms with E-state index in [1.165, 1.54) is 17.7 Å². The number of carbonyl (C=O) groups excluding carboxylic acids is 1. The predicted molar refractivity (Wildman–Crippen MR) is 87.3 cm³/mol. The molecule has 22 heavy (non-hydrogen) atoms. The molecular weight excluding hydrogens is 279 g/mol. The molecule has 116 valence electrons. The highest BCUT2D eigenvalue weighted by atomic mass is 19.1. The molecule has 0 saturated heterocycles. The Balaban J connectivity index is 1.54. The van der Waals surface area contributed by atoms with Crippen molar-refractivity contribution in [3.8, 4) is 0 Å². The number of aryl methyl sites for hydroxylation is 1. The summed E-state index contributed by atoms with van der Waals surface area (Å²) in [6, 6.07) is 16.1. The molecule has 0 aliphatic rings. The van der Waals surface area contributed by atoms with E-state index in [1.54, 1.807) is 12.1 Å². The molecule has 4 heteroatoms. The summed E-state index contributed by atoms with van der Waals surface area (Å²) in [6.45, 7) is 1.53. The van der Waals surface area contributed by atoms with Crippen LogP contribution in [0.2, 0.25) is 0 Å². The molecule has 2 rings (SSSR count). The highest BCUT2D eigenvalue weighted by Crippen LogP contribution is 2.08. The molecule has 0 spiro atoms. The maximum atomic E-state index is 12.7. The number of hydrogen-bond acceptors (Lipinski definition) is 2. The van der Waals surface area contributed by atoms with E-state index in [0.717, 1.165) is 19.4 Å². The van der Waals surface area contributed by atoms with Gasteiger partial charge in [-0.05, 0) is 49.2 Å². The Morgan fingerprint density at radius 1 is 0.955 bits per heavy atom. The van der Waals surface area contributed by atoms with Crippen molar-refractivity contribution in [2.75, 3.05) is 18.4 Å². The van der Waals surface area contributed by atoms with E-state index in [-0.39, 0.29) is 11.7 Å². The Labute approximate surface area is 130 Å². The van der Waals surface area contributed by atoms with Crippen molar-refractivity contribution in [2.45, 2.75) is 19.3 Å². The van der Waals surface area contributed by atoms with Crippen molar-refractivity contribution in [2.24, 2.45) is 0 Å². The van der Waals surface area contributed by atoms with E-state index < -0.39 is 0 Å². The van der Waals surface area contributed by atoms with Gasteiger partial charge in [0, 0.05) is 18.7 Å². The molecule has 0 saturated carbocycles. The molecule has 1 amide bonds. The lowest BCUT2D eigenvalue weighted by Crippen LogP contribution is -2.22. The lowest BCUT2D eigenvalue weighted by atomic mass is 10.1. The van der Waals surface area contributed by atoms with Crippen molar-refractivity contribution in [3.63, 3.8) is 0 Å². The smallest absolute Gasteiger partial charge is 0.225 e. The van der Waals surface area contributed by atoms with E-state index in [9.17, 15) is 9.18 Å². The molecule has 0 aromatic heterocycles. The molecule has 0 aliphatic carbocycles. The van der Waals surface area contributed by atoms with E-state index in [4.69, 9.17) is 0 Å². The van der Waals surface area contributed by atoms with Crippen LogP contribution in [0.1, 0.15) is 18.4 Å². The van der Waals surface area contributed by atoms with Crippen LogP contribution in [0.15, 0.2) is 54.6 Å². The second-order valence-corrected chi connectivity index (χ2v) is 5.14. The molecule has 0 bridgehead atoms. The number of benzene rings is 2. The van der Waals surface area contributed by atoms with Gasteiger partial charge in [-0.3, -0.25) is 4.79 Å². The summed E-state index contributed by atoms with van der Waals surface area (Å²) in [6.07, 6.45) is 2.49. The molecule has 0 radical (unpaired) electrons.